The molecule has 1 aromatic heterocycles. The van der Waals surface area contributed by atoms with Gasteiger partial charge in [0.2, 0.25) is 5.91 Å². The van der Waals surface area contributed by atoms with Crippen LogP contribution < -0.4 is 0 Å². The number of carbonyl (C=O) groups is 1. The lowest BCUT2D eigenvalue weighted by atomic mass is 10.1. The number of aryl methyl sites for hydroxylation is 1. The molecule has 0 aliphatic carbocycles. The predicted molar refractivity (Wildman–Crippen MR) is 99.4 cm³/mol. The molecular weight excluding hydrogens is 314 g/mol. The van der Waals surface area contributed by atoms with Crippen LogP contribution in [0.4, 0.5) is 0 Å². The SMILES string of the molecule is CCCn1ncc(CN2CCN(CC(=O)N3CCCCC3)CC2)c1C. The summed E-state index contributed by atoms with van der Waals surface area (Å²) in [5.74, 6) is 0.324. The molecule has 0 unspecified atom stereocenters. The van der Waals surface area contributed by atoms with Gasteiger partial charge in [-0.1, -0.05) is 6.92 Å². The van der Waals surface area contributed by atoms with Gasteiger partial charge in [-0.05, 0) is 32.6 Å². The average Bonchev–Trinajstić information content (AvgIpc) is 2.98. The van der Waals surface area contributed by atoms with Crippen LogP contribution in [-0.4, -0.2) is 76.2 Å². The molecule has 0 saturated carbocycles. The quantitative estimate of drug-likeness (QED) is 0.786. The minimum Gasteiger partial charge on any atom is -0.342 e. The van der Waals surface area contributed by atoms with Crippen LogP contribution in [0.3, 0.4) is 0 Å². The Morgan fingerprint density at radius 1 is 1.04 bits per heavy atom. The second-order valence-electron chi connectivity index (χ2n) is 7.47. The highest BCUT2D eigenvalue weighted by atomic mass is 16.2. The molecule has 140 valence electrons. The first-order chi connectivity index (χ1) is 12.2. The molecule has 1 amide bonds. The number of aromatic nitrogens is 2. The predicted octanol–water partition coefficient (Wildman–Crippen LogP) is 1.73. The van der Waals surface area contributed by atoms with Gasteiger partial charge in [0.05, 0.1) is 12.7 Å². The largest absolute Gasteiger partial charge is 0.342 e. The number of piperidine rings is 1. The Kier molecular flexibility index (Phi) is 6.48. The van der Waals surface area contributed by atoms with Gasteiger partial charge in [-0.15, -0.1) is 0 Å². The lowest BCUT2D eigenvalue weighted by Gasteiger charge is -2.36. The highest BCUT2D eigenvalue weighted by molar-refractivity contribution is 5.78. The fourth-order valence-corrected chi connectivity index (χ4v) is 3.86. The maximum absolute atomic E-state index is 12.4. The van der Waals surface area contributed by atoms with E-state index in [1.807, 2.05) is 6.20 Å². The van der Waals surface area contributed by atoms with Crippen LogP contribution in [-0.2, 0) is 17.9 Å². The second-order valence-corrected chi connectivity index (χ2v) is 7.47. The van der Waals surface area contributed by atoms with Gasteiger partial charge < -0.3 is 4.90 Å². The summed E-state index contributed by atoms with van der Waals surface area (Å²) in [5.41, 5.74) is 2.64. The summed E-state index contributed by atoms with van der Waals surface area (Å²) in [7, 11) is 0. The molecule has 25 heavy (non-hydrogen) atoms. The van der Waals surface area contributed by atoms with Gasteiger partial charge in [0, 0.05) is 63.6 Å². The zero-order valence-corrected chi connectivity index (χ0v) is 15.9. The molecule has 6 heteroatoms. The molecule has 1 aromatic rings. The third kappa shape index (κ3) is 4.82. The number of carbonyl (C=O) groups excluding carboxylic acids is 1. The molecular formula is C19H33N5O. The first-order valence-corrected chi connectivity index (χ1v) is 9.91. The Balaban J connectivity index is 1.43. The van der Waals surface area contributed by atoms with E-state index >= 15 is 0 Å². The highest BCUT2D eigenvalue weighted by Gasteiger charge is 2.23. The van der Waals surface area contributed by atoms with Crippen molar-refractivity contribution in [3.63, 3.8) is 0 Å². The van der Waals surface area contributed by atoms with Crippen molar-refractivity contribution in [3.8, 4) is 0 Å². The molecule has 0 radical (unpaired) electrons. The third-order valence-electron chi connectivity index (χ3n) is 5.57. The number of hydrogen-bond acceptors (Lipinski definition) is 4. The number of nitrogens with zero attached hydrogens (tertiary/aromatic N) is 5. The van der Waals surface area contributed by atoms with Crippen LogP contribution in [0, 0.1) is 6.92 Å². The van der Waals surface area contributed by atoms with Crippen LogP contribution in [0.5, 0.6) is 0 Å². The second kappa shape index (κ2) is 8.81. The van der Waals surface area contributed by atoms with Gasteiger partial charge in [0.1, 0.15) is 0 Å². The molecule has 2 fully saturated rings. The molecule has 2 aliphatic heterocycles. The molecule has 2 saturated heterocycles. The summed E-state index contributed by atoms with van der Waals surface area (Å²) < 4.78 is 2.11. The van der Waals surface area contributed by atoms with E-state index in [4.69, 9.17) is 0 Å². The van der Waals surface area contributed by atoms with Crippen molar-refractivity contribution in [2.45, 2.75) is 52.6 Å². The fraction of sp³-hybridized carbons (Fsp3) is 0.789. The van der Waals surface area contributed by atoms with E-state index in [1.54, 1.807) is 0 Å². The normalized spacial score (nSPS) is 20.2. The van der Waals surface area contributed by atoms with Gasteiger partial charge in [-0.3, -0.25) is 19.3 Å². The highest BCUT2D eigenvalue weighted by Crippen LogP contribution is 2.14. The van der Waals surface area contributed by atoms with Crippen molar-refractivity contribution < 1.29 is 4.79 Å². The van der Waals surface area contributed by atoms with E-state index in [9.17, 15) is 4.79 Å². The maximum atomic E-state index is 12.4. The molecule has 0 spiro atoms. The fourth-order valence-electron chi connectivity index (χ4n) is 3.86. The Labute approximate surface area is 151 Å². The van der Waals surface area contributed by atoms with Gasteiger partial charge in [-0.25, -0.2) is 0 Å². The first-order valence-electron chi connectivity index (χ1n) is 9.91. The Morgan fingerprint density at radius 2 is 1.72 bits per heavy atom. The monoisotopic (exact) mass is 347 g/mol. The Bertz CT molecular complexity index is 556. The molecule has 6 nitrogen and oxygen atoms in total. The van der Waals surface area contributed by atoms with Crippen LogP contribution in [0.2, 0.25) is 0 Å². The van der Waals surface area contributed by atoms with Crippen molar-refractivity contribution in [2.75, 3.05) is 45.8 Å². The van der Waals surface area contributed by atoms with Gasteiger partial charge in [0.25, 0.3) is 0 Å². The standard InChI is InChI=1S/C19H33N5O/c1-3-7-24-17(2)18(14-20-24)15-21-10-12-22(13-11-21)16-19(25)23-8-5-4-6-9-23/h14H,3-13,15-16H2,1-2H3. The number of amides is 1. The van der Waals surface area contributed by atoms with Crippen molar-refractivity contribution in [1.82, 2.24) is 24.5 Å². The molecule has 3 rings (SSSR count). The van der Waals surface area contributed by atoms with Gasteiger partial charge in [-0.2, -0.15) is 5.10 Å². The topological polar surface area (TPSA) is 44.6 Å². The average molecular weight is 348 g/mol. The maximum Gasteiger partial charge on any atom is 0.236 e. The zero-order chi connectivity index (χ0) is 17.6. The van der Waals surface area contributed by atoms with Gasteiger partial charge >= 0.3 is 0 Å². The molecule has 0 aromatic carbocycles. The van der Waals surface area contributed by atoms with Crippen LogP contribution in [0.25, 0.3) is 0 Å². The summed E-state index contributed by atoms with van der Waals surface area (Å²) in [6.07, 6.45) is 6.76. The smallest absolute Gasteiger partial charge is 0.236 e. The first kappa shape index (κ1) is 18.4. The van der Waals surface area contributed by atoms with E-state index in [2.05, 4.69) is 38.3 Å². The molecule has 3 heterocycles. The summed E-state index contributed by atoms with van der Waals surface area (Å²) in [6.45, 7) is 12.9. The summed E-state index contributed by atoms with van der Waals surface area (Å²) in [4.78, 5) is 19.3. The molecule has 2 aliphatic rings. The van der Waals surface area contributed by atoms with Crippen molar-refractivity contribution in [2.24, 2.45) is 0 Å². The van der Waals surface area contributed by atoms with E-state index in [0.717, 1.165) is 58.8 Å². The molecule has 0 bridgehead atoms. The van der Waals surface area contributed by atoms with E-state index < -0.39 is 0 Å². The Hall–Kier alpha value is -1.40. The van der Waals surface area contributed by atoms with Crippen LogP contribution in [0.1, 0.15) is 43.9 Å². The lowest BCUT2D eigenvalue weighted by Crippen LogP contribution is -2.50. The van der Waals surface area contributed by atoms with Gasteiger partial charge in [0.15, 0.2) is 0 Å². The van der Waals surface area contributed by atoms with Crippen molar-refractivity contribution in [1.29, 1.82) is 0 Å². The van der Waals surface area contributed by atoms with Crippen molar-refractivity contribution >= 4 is 5.91 Å². The van der Waals surface area contributed by atoms with E-state index in [0.29, 0.717) is 12.5 Å². The number of likely N-dealkylation sites (tertiary alicyclic amines) is 1. The van der Waals surface area contributed by atoms with E-state index in [1.165, 1.54) is 30.5 Å². The number of hydrogen-bond donors (Lipinski definition) is 0. The number of rotatable bonds is 6. The van der Waals surface area contributed by atoms with E-state index in [-0.39, 0.29) is 0 Å². The summed E-state index contributed by atoms with van der Waals surface area (Å²) in [5, 5.41) is 4.51. The minimum absolute atomic E-state index is 0.324. The third-order valence-corrected chi connectivity index (χ3v) is 5.57. The molecule has 0 N–H and O–H groups in total. The molecule has 0 atom stereocenters. The Morgan fingerprint density at radius 3 is 2.40 bits per heavy atom. The number of piperazine rings is 1. The lowest BCUT2D eigenvalue weighted by molar-refractivity contribution is -0.133. The summed E-state index contributed by atoms with van der Waals surface area (Å²) in [6, 6.07) is 0. The minimum atomic E-state index is 0.324. The van der Waals surface area contributed by atoms with Crippen LogP contribution in [0.15, 0.2) is 6.20 Å². The van der Waals surface area contributed by atoms with Crippen molar-refractivity contribution in [3.05, 3.63) is 17.5 Å². The van der Waals surface area contributed by atoms with Crippen LogP contribution >= 0.6 is 0 Å². The summed E-state index contributed by atoms with van der Waals surface area (Å²) >= 11 is 0. The zero-order valence-electron chi connectivity index (χ0n) is 15.9.